The number of nitriles is 1. The molecule has 4 aromatic rings. The van der Waals surface area contributed by atoms with Gasteiger partial charge in [-0.3, -0.25) is 4.79 Å². The molecule has 0 aliphatic rings. The lowest BCUT2D eigenvalue weighted by Gasteiger charge is -2.20. The minimum Gasteiger partial charge on any atom is -0.464 e. The lowest BCUT2D eigenvalue weighted by Crippen LogP contribution is -2.29. The van der Waals surface area contributed by atoms with Crippen molar-refractivity contribution in [2.24, 2.45) is 0 Å². The van der Waals surface area contributed by atoms with E-state index in [9.17, 15) is 9.59 Å². The minimum atomic E-state index is -0.685. The zero-order valence-corrected chi connectivity index (χ0v) is 20.0. The second-order valence-corrected chi connectivity index (χ2v) is 8.10. The molecular weight excluding hydrogens is 446 g/mol. The van der Waals surface area contributed by atoms with Crippen LogP contribution >= 0.6 is 0 Å². The van der Waals surface area contributed by atoms with Gasteiger partial charge in [0, 0.05) is 30.1 Å². The number of ether oxygens (including phenoxy) is 1. The number of esters is 1. The second kappa shape index (κ2) is 9.30. The van der Waals surface area contributed by atoms with E-state index >= 15 is 0 Å². The highest BCUT2D eigenvalue weighted by atomic mass is 16.5. The molecule has 0 unspecified atom stereocenters. The predicted molar refractivity (Wildman–Crippen MR) is 129 cm³/mol. The number of anilines is 1. The highest BCUT2D eigenvalue weighted by Gasteiger charge is 2.24. The first-order chi connectivity index (χ1) is 16.7. The average molecular weight is 470 g/mol. The van der Waals surface area contributed by atoms with E-state index in [-0.39, 0.29) is 17.9 Å². The number of hydrogen-bond donors (Lipinski definition) is 0. The van der Waals surface area contributed by atoms with Crippen molar-refractivity contribution >= 4 is 28.6 Å². The Balaban J connectivity index is 1.67. The Morgan fingerprint density at radius 2 is 1.89 bits per heavy atom. The van der Waals surface area contributed by atoms with Crippen molar-refractivity contribution in [3.8, 4) is 17.5 Å². The van der Waals surface area contributed by atoms with Crippen molar-refractivity contribution in [3.63, 3.8) is 0 Å². The molecule has 1 aromatic carbocycles. The fourth-order valence-corrected chi connectivity index (χ4v) is 3.92. The van der Waals surface area contributed by atoms with E-state index < -0.39 is 11.9 Å². The van der Waals surface area contributed by atoms with Crippen molar-refractivity contribution < 1.29 is 14.3 Å². The Morgan fingerprint density at radius 1 is 1.11 bits per heavy atom. The molecule has 0 spiro atoms. The van der Waals surface area contributed by atoms with Crippen LogP contribution in [0.2, 0.25) is 0 Å². The number of methoxy groups -OCH3 is 1. The van der Waals surface area contributed by atoms with Gasteiger partial charge in [0.15, 0.2) is 11.5 Å². The van der Waals surface area contributed by atoms with Crippen LogP contribution < -0.4 is 4.90 Å². The van der Waals surface area contributed by atoms with Gasteiger partial charge in [0.05, 0.1) is 24.9 Å². The molecule has 10 nitrogen and oxygen atoms in total. The second-order valence-electron chi connectivity index (χ2n) is 8.10. The molecule has 10 heteroatoms. The van der Waals surface area contributed by atoms with E-state index in [2.05, 4.69) is 19.8 Å². The van der Waals surface area contributed by atoms with Gasteiger partial charge in [0.2, 0.25) is 0 Å². The number of rotatable bonds is 5. The largest absolute Gasteiger partial charge is 0.464 e. The van der Waals surface area contributed by atoms with E-state index in [1.165, 1.54) is 22.8 Å². The van der Waals surface area contributed by atoms with Crippen molar-refractivity contribution in [3.05, 3.63) is 64.7 Å². The van der Waals surface area contributed by atoms with Crippen molar-refractivity contribution in [1.29, 1.82) is 5.26 Å². The third-order valence-electron chi connectivity index (χ3n) is 5.60. The lowest BCUT2D eigenvalue weighted by molar-refractivity contribution is 0.0593. The summed E-state index contributed by atoms with van der Waals surface area (Å²) in [4.78, 5) is 40.2. The van der Waals surface area contributed by atoms with Crippen molar-refractivity contribution in [1.82, 2.24) is 24.7 Å². The quantitative estimate of drug-likeness (QED) is 0.407. The van der Waals surface area contributed by atoms with Gasteiger partial charge in [0.1, 0.15) is 17.8 Å². The monoisotopic (exact) mass is 469 g/mol. The van der Waals surface area contributed by atoms with Crippen LogP contribution in [0.4, 0.5) is 5.69 Å². The number of aromatic nitrogens is 5. The number of carbonyl (C=O) groups is 2. The maximum absolute atomic E-state index is 13.3. The number of aryl methyl sites for hydroxylation is 3. The summed E-state index contributed by atoms with van der Waals surface area (Å²) >= 11 is 0. The number of carbonyl (C=O) groups excluding carboxylic acids is 2. The van der Waals surface area contributed by atoms with E-state index in [1.54, 1.807) is 13.2 Å². The summed E-state index contributed by atoms with van der Waals surface area (Å²) < 4.78 is 5.87. The number of fused-ring (bicyclic) bond motifs is 1. The summed E-state index contributed by atoms with van der Waals surface area (Å²) in [7, 11) is 2.85. The fraction of sp³-hybridized carbons (Fsp3) is 0.240. The molecule has 3 heterocycles. The van der Waals surface area contributed by atoms with Gasteiger partial charge in [-0.25, -0.2) is 24.4 Å². The number of pyridine rings is 1. The Labute approximate surface area is 201 Å². The van der Waals surface area contributed by atoms with Crippen molar-refractivity contribution in [2.75, 3.05) is 19.1 Å². The molecule has 0 atom stereocenters. The van der Waals surface area contributed by atoms with E-state index in [0.29, 0.717) is 11.5 Å². The van der Waals surface area contributed by atoms with Crippen LogP contribution in [-0.2, 0) is 11.3 Å². The summed E-state index contributed by atoms with van der Waals surface area (Å²) in [6.45, 7) is 5.62. The standard InChI is InChI=1S/C25H23N7O3/c1-14-11-17(23-27-13-19-22(29-23)15(2)10-16(3)28-19)6-7-20(14)31(4)24(33)21-12-18(25(34)35-5)30-32(21)9-8-26/h6-7,10-13H,9H2,1-5H3. The summed E-state index contributed by atoms with van der Waals surface area (Å²) in [5.41, 5.74) is 5.81. The predicted octanol–water partition coefficient (Wildman–Crippen LogP) is 3.40. The molecule has 0 saturated heterocycles. The Hall–Kier alpha value is -4.65. The third-order valence-corrected chi connectivity index (χ3v) is 5.60. The number of hydrogen-bond acceptors (Lipinski definition) is 8. The first kappa shape index (κ1) is 23.5. The van der Waals surface area contributed by atoms with Crippen LogP contribution in [0.1, 0.15) is 37.8 Å². The smallest absolute Gasteiger partial charge is 0.358 e. The van der Waals surface area contributed by atoms with E-state index in [4.69, 9.17) is 10.2 Å². The first-order valence-corrected chi connectivity index (χ1v) is 10.8. The van der Waals surface area contributed by atoms with Gasteiger partial charge in [-0.15, -0.1) is 0 Å². The fourth-order valence-electron chi connectivity index (χ4n) is 3.92. The molecular formula is C25H23N7O3. The maximum atomic E-state index is 13.3. The summed E-state index contributed by atoms with van der Waals surface area (Å²) in [6, 6.07) is 10.8. The Bertz CT molecular complexity index is 1520. The van der Waals surface area contributed by atoms with Crippen LogP contribution in [-0.4, -0.2) is 50.8 Å². The van der Waals surface area contributed by atoms with Gasteiger partial charge in [-0.05, 0) is 56.2 Å². The van der Waals surface area contributed by atoms with Crippen LogP contribution in [0.25, 0.3) is 22.4 Å². The average Bonchev–Trinajstić information content (AvgIpc) is 3.26. The van der Waals surface area contributed by atoms with Crippen LogP contribution in [0.3, 0.4) is 0 Å². The van der Waals surface area contributed by atoms with Gasteiger partial charge in [-0.1, -0.05) is 0 Å². The molecule has 0 N–H and O–H groups in total. The zero-order valence-electron chi connectivity index (χ0n) is 20.0. The Kier molecular flexibility index (Phi) is 6.25. The van der Waals surface area contributed by atoms with Crippen LogP contribution in [0.15, 0.2) is 36.5 Å². The third kappa shape index (κ3) is 4.44. The molecule has 0 fully saturated rings. The van der Waals surface area contributed by atoms with Crippen LogP contribution in [0, 0.1) is 32.1 Å². The number of nitrogens with zero attached hydrogens (tertiary/aromatic N) is 7. The molecule has 35 heavy (non-hydrogen) atoms. The maximum Gasteiger partial charge on any atom is 0.358 e. The Morgan fingerprint density at radius 3 is 2.57 bits per heavy atom. The summed E-state index contributed by atoms with van der Waals surface area (Å²) in [5, 5.41) is 13.1. The molecule has 0 radical (unpaired) electrons. The molecule has 4 rings (SSSR count). The molecule has 0 saturated carbocycles. The highest BCUT2D eigenvalue weighted by Crippen LogP contribution is 2.27. The molecule has 3 aromatic heterocycles. The zero-order chi connectivity index (χ0) is 25.3. The van der Waals surface area contributed by atoms with Gasteiger partial charge in [0.25, 0.3) is 5.91 Å². The topological polar surface area (TPSA) is 127 Å². The molecule has 176 valence electrons. The molecule has 0 aliphatic carbocycles. The van der Waals surface area contributed by atoms with E-state index in [0.717, 1.165) is 33.4 Å². The summed E-state index contributed by atoms with van der Waals surface area (Å²) in [5.74, 6) is -0.544. The summed E-state index contributed by atoms with van der Waals surface area (Å²) in [6.07, 6.45) is 1.71. The van der Waals surface area contributed by atoms with E-state index in [1.807, 2.05) is 51.1 Å². The number of amides is 1. The first-order valence-electron chi connectivity index (χ1n) is 10.8. The molecule has 0 aliphatic heterocycles. The lowest BCUT2D eigenvalue weighted by atomic mass is 10.1. The minimum absolute atomic E-state index is 0.0417. The van der Waals surface area contributed by atoms with Gasteiger partial charge < -0.3 is 9.64 Å². The van der Waals surface area contributed by atoms with Gasteiger partial charge in [-0.2, -0.15) is 10.4 Å². The normalized spacial score (nSPS) is 10.7. The SMILES string of the molecule is COC(=O)c1cc(C(=O)N(C)c2ccc(-c3ncc4nc(C)cc(C)c4n3)cc2C)n(CC#N)n1. The number of benzene rings is 1. The highest BCUT2D eigenvalue weighted by molar-refractivity contribution is 6.06. The van der Waals surface area contributed by atoms with Gasteiger partial charge >= 0.3 is 5.97 Å². The molecule has 1 amide bonds. The molecule has 0 bridgehead atoms. The van der Waals surface area contributed by atoms with Crippen LogP contribution in [0.5, 0.6) is 0 Å². The van der Waals surface area contributed by atoms with Crippen molar-refractivity contribution in [2.45, 2.75) is 27.3 Å².